The van der Waals surface area contributed by atoms with Gasteiger partial charge in [0, 0.05) is 25.4 Å². The van der Waals surface area contributed by atoms with Crippen LogP contribution < -0.4 is 5.32 Å². The van der Waals surface area contributed by atoms with Crippen LogP contribution in [0.1, 0.15) is 39.0 Å². The number of nitrogens with one attached hydrogen (secondary N) is 1. The lowest BCUT2D eigenvalue weighted by molar-refractivity contribution is -0.122. The van der Waals surface area contributed by atoms with Crippen LogP contribution in [0, 0.1) is 5.41 Å². The number of carbonyl (C=O) groups excluding carboxylic acids is 1. The number of hydrogen-bond acceptors (Lipinski definition) is 3. The van der Waals surface area contributed by atoms with Crippen LogP contribution in [-0.2, 0) is 4.79 Å². The maximum Gasteiger partial charge on any atom is 0.220 e. The number of amides is 1. The number of aromatic nitrogens is 2. The molecule has 2 rings (SSSR count). The first-order chi connectivity index (χ1) is 9.46. The Morgan fingerprint density at radius 3 is 2.80 bits per heavy atom. The van der Waals surface area contributed by atoms with Crippen molar-refractivity contribution in [2.45, 2.75) is 33.2 Å². The first kappa shape index (κ1) is 14.4. The van der Waals surface area contributed by atoms with E-state index in [1.165, 1.54) is 0 Å². The molecule has 1 atom stereocenters. The molecule has 108 valence electrons. The molecule has 0 aliphatic rings. The Bertz CT molecular complexity index is 490. The predicted octanol–water partition coefficient (Wildman–Crippen LogP) is 2.62. The fourth-order valence-corrected chi connectivity index (χ4v) is 2.03. The van der Waals surface area contributed by atoms with E-state index >= 15 is 0 Å². The highest BCUT2D eigenvalue weighted by Crippen LogP contribution is 2.19. The molecule has 0 aliphatic heterocycles. The monoisotopic (exact) mass is 275 g/mol. The normalized spacial score (nSPS) is 13.2. The highest BCUT2D eigenvalue weighted by atomic mass is 16.3. The molecule has 2 aromatic rings. The van der Waals surface area contributed by atoms with Crippen LogP contribution in [0.3, 0.4) is 0 Å². The summed E-state index contributed by atoms with van der Waals surface area (Å²) in [7, 11) is 0. The second-order valence-electron chi connectivity index (χ2n) is 6.06. The summed E-state index contributed by atoms with van der Waals surface area (Å²) in [6, 6.07) is 5.46. The molecule has 20 heavy (non-hydrogen) atoms. The quantitative estimate of drug-likeness (QED) is 0.912. The van der Waals surface area contributed by atoms with E-state index < -0.39 is 0 Å². The Balaban J connectivity index is 2.01. The number of furan rings is 1. The van der Waals surface area contributed by atoms with Crippen molar-refractivity contribution in [2.75, 3.05) is 6.54 Å². The van der Waals surface area contributed by atoms with Gasteiger partial charge >= 0.3 is 0 Å². The molecule has 5 nitrogen and oxygen atoms in total. The summed E-state index contributed by atoms with van der Waals surface area (Å²) >= 11 is 0. The number of hydrogen-bond donors (Lipinski definition) is 1. The third-order valence-corrected chi connectivity index (χ3v) is 2.90. The van der Waals surface area contributed by atoms with Gasteiger partial charge in [0.25, 0.3) is 0 Å². The summed E-state index contributed by atoms with van der Waals surface area (Å²) in [5.41, 5.74) is -0.0179. The lowest BCUT2D eigenvalue weighted by Gasteiger charge is -2.20. The molecular formula is C15H21N3O2. The van der Waals surface area contributed by atoms with Gasteiger partial charge in [-0.15, -0.1) is 0 Å². The summed E-state index contributed by atoms with van der Waals surface area (Å²) in [5.74, 6) is 0.825. The van der Waals surface area contributed by atoms with Crippen molar-refractivity contribution in [1.82, 2.24) is 15.1 Å². The maximum atomic E-state index is 11.9. The highest BCUT2D eigenvalue weighted by Gasteiger charge is 2.20. The smallest absolute Gasteiger partial charge is 0.220 e. The van der Waals surface area contributed by atoms with E-state index in [0.29, 0.717) is 13.0 Å². The molecule has 0 fully saturated rings. The van der Waals surface area contributed by atoms with E-state index in [2.05, 4.69) is 10.4 Å². The van der Waals surface area contributed by atoms with Gasteiger partial charge in [0.05, 0.1) is 6.26 Å². The standard InChI is InChI=1S/C15H21N3O2/c1-15(2,3)10-14(19)16-11-12(13-6-4-9-20-13)18-8-5-7-17-18/h4-9,12H,10-11H2,1-3H3,(H,16,19). The van der Waals surface area contributed by atoms with Gasteiger partial charge in [0.1, 0.15) is 11.8 Å². The van der Waals surface area contributed by atoms with Gasteiger partial charge in [-0.05, 0) is 23.6 Å². The molecule has 0 saturated carbocycles. The minimum Gasteiger partial charge on any atom is -0.467 e. The lowest BCUT2D eigenvalue weighted by atomic mass is 9.92. The summed E-state index contributed by atoms with van der Waals surface area (Å²) in [6.07, 6.45) is 5.70. The van der Waals surface area contributed by atoms with Gasteiger partial charge in [-0.25, -0.2) is 0 Å². The first-order valence-corrected chi connectivity index (χ1v) is 6.75. The van der Waals surface area contributed by atoms with E-state index in [9.17, 15) is 4.79 Å². The van der Waals surface area contributed by atoms with Crippen molar-refractivity contribution in [3.05, 3.63) is 42.6 Å². The van der Waals surface area contributed by atoms with Gasteiger partial charge < -0.3 is 9.73 Å². The summed E-state index contributed by atoms with van der Waals surface area (Å²) in [6.45, 7) is 6.60. The average molecular weight is 275 g/mol. The van der Waals surface area contributed by atoms with Gasteiger partial charge in [0.2, 0.25) is 5.91 Å². The summed E-state index contributed by atoms with van der Waals surface area (Å²) < 4.78 is 7.23. The average Bonchev–Trinajstić information content (AvgIpc) is 2.98. The third kappa shape index (κ3) is 3.98. The molecule has 1 amide bonds. The zero-order valence-corrected chi connectivity index (χ0v) is 12.2. The molecule has 0 aliphatic carbocycles. The van der Waals surface area contributed by atoms with Crippen LogP contribution in [-0.4, -0.2) is 22.2 Å². The van der Waals surface area contributed by atoms with Crippen LogP contribution in [0.25, 0.3) is 0 Å². The second-order valence-corrected chi connectivity index (χ2v) is 6.06. The zero-order valence-electron chi connectivity index (χ0n) is 12.2. The molecule has 5 heteroatoms. The summed E-state index contributed by atoms with van der Waals surface area (Å²) in [5, 5.41) is 7.19. The van der Waals surface area contributed by atoms with Crippen LogP contribution in [0.5, 0.6) is 0 Å². The van der Waals surface area contributed by atoms with Crippen molar-refractivity contribution in [3.8, 4) is 0 Å². The van der Waals surface area contributed by atoms with Gasteiger partial charge in [-0.2, -0.15) is 5.10 Å². The fourth-order valence-electron chi connectivity index (χ4n) is 2.03. The minimum absolute atomic E-state index is 0.0179. The first-order valence-electron chi connectivity index (χ1n) is 6.75. The Kier molecular flexibility index (Phi) is 4.27. The van der Waals surface area contributed by atoms with Crippen molar-refractivity contribution >= 4 is 5.91 Å². The Morgan fingerprint density at radius 1 is 1.45 bits per heavy atom. The van der Waals surface area contributed by atoms with Crippen LogP contribution >= 0.6 is 0 Å². The zero-order chi connectivity index (χ0) is 14.6. The summed E-state index contributed by atoms with van der Waals surface area (Å²) in [4.78, 5) is 11.9. The molecule has 1 N–H and O–H groups in total. The van der Waals surface area contributed by atoms with Crippen LogP contribution in [0.15, 0.2) is 41.3 Å². The number of carbonyl (C=O) groups is 1. The molecule has 0 spiro atoms. The Morgan fingerprint density at radius 2 is 2.25 bits per heavy atom. The maximum absolute atomic E-state index is 11.9. The Hall–Kier alpha value is -2.04. The molecule has 0 aromatic carbocycles. The molecule has 2 heterocycles. The molecule has 2 aromatic heterocycles. The van der Waals surface area contributed by atoms with E-state index in [0.717, 1.165) is 5.76 Å². The van der Waals surface area contributed by atoms with Gasteiger partial charge in [-0.1, -0.05) is 20.8 Å². The van der Waals surface area contributed by atoms with Crippen LogP contribution in [0.4, 0.5) is 0 Å². The lowest BCUT2D eigenvalue weighted by Crippen LogP contribution is -2.33. The molecule has 1 unspecified atom stereocenters. The van der Waals surface area contributed by atoms with E-state index in [1.807, 2.05) is 45.2 Å². The third-order valence-electron chi connectivity index (χ3n) is 2.90. The van der Waals surface area contributed by atoms with E-state index in [1.54, 1.807) is 17.1 Å². The SMILES string of the molecule is CC(C)(C)CC(=O)NCC(c1ccco1)n1cccn1. The number of nitrogens with zero attached hydrogens (tertiary/aromatic N) is 2. The van der Waals surface area contributed by atoms with E-state index in [-0.39, 0.29) is 17.4 Å². The van der Waals surface area contributed by atoms with E-state index in [4.69, 9.17) is 4.42 Å². The van der Waals surface area contributed by atoms with Crippen LogP contribution in [0.2, 0.25) is 0 Å². The van der Waals surface area contributed by atoms with Crippen molar-refractivity contribution < 1.29 is 9.21 Å². The second kappa shape index (κ2) is 5.94. The molecule has 0 saturated heterocycles. The van der Waals surface area contributed by atoms with Crippen molar-refractivity contribution in [1.29, 1.82) is 0 Å². The highest BCUT2D eigenvalue weighted by molar-refractivity contribution is 5.76. The van der Waals surface area contributed by atoms with Crippen molar-refractivity contribution in [3.63, 3.8) is 0 Å². The minimum atomic E-state index is -0.121. The molecule has 0 bridgehead atoms. The largest absolute Gasteiger partial charge is 0.467 e. The molecule has 0 radical (unpaired) electrons. The topological polar surface area (TPSA) is 60.1 Å². The fraction of sp³-hybridized carbons (Fsp3) is 0.467. The molecular weight excluding hydrogens is 254 g/mol. The van der Waals surface area contributed by atoms with Gasteiger partial charge in [0.15, 0.2) is 0 Å². The van der Waals surface area contributed by atoms with Gasteiger partial charge in [-0.3, -0.25) is 9.48 Å². The number of rotatable bonds is 5. The Labute approximate surface area is 119 Å². The van der Waals surface area contributed by atoms with Crippen molar-refractivity contribution in [2.24, 2.45) is 5.41 Å². The predicted molar refractivity (Wildman–Crippen MR) is 76.2 cm³/mol.